The van der Waals surface area contributed by atoms with Crippen LogP contribution in [0, 0.1) is 5.82 Å². The van der Waals surface area contributed by atoms with Crippen molar-refractivity contribution in [2.75, 3.05) is 7.11 Å². The van der Waals surface area contributed by atoms with Crippen molar-refractivity contribution in [3.05, 3.63) is 88.5 Å². The molecule has 3 aromatic rings. The molecule has 0 radical (unpaired) electrons. The maximum Gasteiger partial charge on any atom is 0.180 e. The largest absolute Gasteiger partial charge is 1.00 e. The van der Waals surface area contributed by atoms with Gasteiger partial charge >= 0.3 is 0 Å². The summed E-state index contributed by atoms with van der Waals surface area (Å²) in [5.74, 6) is 0.744. The molecule has 28 heavy (non-hydrogen) atoms. The summed E-state index contributed by atoms with van der Waals surface area (Å²) in [7, 11) is 1.57. The van der Waals surface area contributed by atoms with Gasteiger partial charge in [0.2, 0.25) is 0 Å². The standard InChI is InChI=1S/C21H20ClFN2O2.ClH/c1-26-20-11-16(12-24-13-18-4-2-3-9-25-18)10-19(22)21(20)27-14-15-5-7-17(23)8-6-15;/h2-11,24H,12-14H2,1H3;1H/p-1. The van der Waals surface area contributed by atoms with Gasteiger partial charge in [-0.05, 0) is 47.5 Å². The zero-order valence-electron chi connectivity index (χ0n) is 15.3. The van der Waals surface area contributed by atoms with E-state index in [0.29, 0.717) is 29.6 Å². The zero-order valence-corrected chi connectivity index (χ0v) is 16.8. The Morgan fingerprint density at radius 1 is 1.04 bits per heavy atom. The van der Waals surface area contributed by atoms with Gasteiger partial charge in [-0.15, -0.1) is 0 Å². The number of hydrogen-bond acceptors (Lipinski definition) is 4. The fourth-order valence-electron chi connectivity index (χ4n) is 2.59. The van der Waals surface area contributed by atoms with Crippen LogP contribution in [-0.4, -0.2) is 12.1 Å². The molecule has 0 spiro atoms. The summed E-state index contributed by atoms with van der Waals surface area (Å²) in [5.41, 5.74) is 2.78. The highest BCUT2D eigenvalue weighted by atomic mass is 35.5. The zero-order chi connectivity index (χ0) is 19.1. The van der Waals surface area contributed by atoms with Crippen LogP contribution in [0.25, 0.3) is 0 Å². The number of hydrogen-bond donors (Lipinski definition) is 1. The predicted octanol–water partition coefficient (Wildman–Crippen LogP) is 1.76. The van der Waals surface area contributed by atoms with E-state index in [1.807, 2.05) is 30.3 Å². The van der Waals surface area contributed by atoms with Gasteiger partial charge in [-0.3, -0.25) is 4.98 Å². The average molecular weight is 422 g/mol. The van der Waals surface area contributed by atoms with Gasteiger partial charge in [0, 0.05) is 19.3 Å². The fraction of sp³-hybridized carbons (Fsp3) is 0.190. The maximum absolute atomic E-state index is 13.0. The van der Waals surface area contributed by atoms with E-state index in [0.717, 1.165) is 16.8 Å². The second-order valence-corrected chi connectivity index (χ2v) is 6.36. The first-order valence-electron chi connectivity index (χ1n) is 8.50. The van der Waals surface area contributed by atoms with Gasteiger partial charge in [0.25, 0.3) is 0 Å². The highest BCUT2D eigenvalue weighted by Gasteiger charge is 2.12. The third kappa shape index (κ3) is 6.09. The van der Waals surface area contributed by atoms with E-state index in [4.69, 9.17) is 21.1 Å². The molecule has 0 aliphatic rings. The van der Waals surface area contributed by atoms with Crippen LogP contribution >= 0.6 is 11.6 Å². The number of nitrogens with one attached hydrogen (secondary N) is 1. The summed E-state index contributed by atoms with van der Waals surface area (Å²) >= 11 is 6.40. The molecule has 0 atom stereocenters. The smallest absolute Gasteiger partial charge is 0.180 e. The minimum Gasteiger partial charge on any atom is -1.00 e. The van der Waals surface area contributed by atoms with E-state index in [1.54, 1.807) is 25.4 Å². The van der Waals surface area contributed by atoms with E-state index < -0.39 is 0 Å². The van der Waals surface area contributed by atoms with Crippen LogP contribution in [0.5, 0.6) is 11.5 Å². The van der Waals surface area contributed by atoms with Crippen LogP contribution in [0.4, 0.5) is 4.39 Å². The molecule has 0 fully saturated rings. The van der Waals surface area contributed by atoms with E-state index in [9.17, 15) is 4.39 Å². The van der Waals surface area contributed by atoms with E-state index in [-0.39, 0.29) is 24.8 Å². The van der Waals surface area contributed by atoms with Gasteiger partial charge in [-0.2, -0.15) is 0 Å². The summed E-state index contributed by atoms with van der Waals surface area (Å²) < 4.78 is 24.2. The lowest BCUT2D eigenvalue weighted by Gasteiger charge is -2.15. The first-order valence-corrected chi connectivity index (χ1v) is 8.88. The van der Waals surface area contributed by atoms with Crippen LogP contribution < -0.4 is 27.2 Å². The third-order valence-electron chi connectivity index (χ3n) is 3.95. The van der Waals surface area contributed by atoms with Crippen molar-refractivity contribution in [2.24, 2.45) is 0 Å². The molecule has 0 unspecified atom stereocenters. The molecule has 7 heteroatoms. The number of nitrogens with zero attached hydrogens (tertiary/aromatic N) is 1. The molecule has 0 amide bonds. The predicted molar refractivity (Wildman–Crippen MR) is 104 cm³/mol. The Balaban J connectivity index is 0.00000280. The molecular formula is C21H20Cl2FN2O2-. The van der Waals surface area contributed by atoms with Crippen LogP contribution in [0.2, 0.25) is 5.02 Å². The van der Waals surface area contributed by atoms with Gasteiger partial charge in [0.05, 0.1) is 17.8 Å². The molecule has 0 aliphatic heterocycles. The first-order chi connectivity index (χ1) is 13.2. The Morgan fingerprint density at radius 3 is 2.50 bits per heavy atom. The molecule has 4 nitrogen and oxygen atoms in total. The van der Waals surface area contributed by atoms with Crippen LogP contribution in [0.15, 0.2) is 60.8 Å². The summed E-state index contributed by atoms with van der Waals surface area (Å²) in [5, 5.41) is 3.79. The number of rotatable bonds is 8. The van der Waals surface area contributed by atoms with Crippen molar-refractivity contribution in [1.82, 2.24) is 10.3 Å². The second kappa shape index (κ2) is 10.9. The molecule has 0 saturated carbocycles. The highest BCUT2D eigenvalue weighted by Crippen LogP contribution is 2.37. The lowest BCUT2D eigenvalue weighted by molar-refractivity contribution is -0.00000663. The SMILES string of the molecule is COc1cc(CNCc2ccccn2)cc(Cl)c1OCc1ccc(F)cc1.[Cl-]. The molecule has 1 N–H and O–H groups in total. The Labute approximate surface area is 175 Å². The number of methoxy groups -OCH3 is 1. The van der Waals surface area contributed by atoms with Crippen molar-refractivity contribution in [2.45, 2.75) is 19.7 Å². The summed E-state index contributed by atoms with van der Waals surface area (Å²) in [4.78, 5) is 4.28. The molecule has 148 valence electrons. The normalized spacial score (nSPS) is 10.2. The number of benzene rings is 2. The molecule has 0 saturated heterocycles. The van der Waals surface area contributed by atoms with E-state index in [1.165, 1.54) is 12.1 Å². The first kappa shape index (κ1) is 22.0. The topological polar surface area (TPSA) is 43.4 Å². The van der Waals surface area contributed by atoms with Gasteiger partial charge < -0.3 is 27.2 Å². The van der Waals surface area contributed by atoms with Crippen molar-refractivity contribution < 1.29 is 26.3 Å². The average Bonchev–Trinajstić information content (AvgIpc) is 2.69. The quantitative estimate of drug-likeness (QED) is 0.601. The lowest BCUT2D eigenvalue weighted by atomic mass is 10.2. The highest BCUT2D eigenvalue weighted by molar-refractivity contribution is 6.32. The molecule has 1 aromatic heterocycles. The molecule has 1 heterocycles. The van der Waals surface area contributed by atoms with Crippen LogP contribution in [0.3, 0.4) is 0 Å². The number of pyridine rings is 1. The van der Waals surface area contributed by atoms with E-state index >= 15 is 0 Å². The van der Waals surface area contributed by atoms with Gasteiger partial charge in [0.1, 0.15) is 12.4 Å². The van der Waals surface area contributed by atoms with Crippen molar-refractivity contribution >= 4 is 11.6 Å². The molecule has 3 rings (SSSR count). The number of ether oxygens (including phenoxy) is 2. The molecular weight excluding hydrogens is 402 g/mol. The lowest BCUT2D eigenvalue weighted by Crippen LogP contribution is -3.00. The summed E-state index contributed by atoms with van der Waals surface area (Å²) in [6.07, 6.45) is 1.77. The van der Waals surface area contributed by atoms with Gasteiger partial charge in [-0.25, -0.2) is 4.39 Å². The van der Waals surface area contributed by atoms with Crippen LogP contribution in [0.1, 0.15) is 16.8 Å². The third-order valence-corrected chi connectivity index (χ3v) is 4.23. The van der Waals surface area contributed by atoms with Crippen molar-refractivity contribution in [3.8, 4) is 11.5 Å². The Hall–Kier alpha value is -2.34. The van der Waals surface area contributed by atoms with Crippen molar-refractivity contribution in [1.29, 1.82) is 0 Å². The van der Waals surface area contributed by atoms with Crippen molar-refractivity contribution in [3.63, 3.8) is 0 Å². The monoisotopic (exact) mass is 421 g/mol. The second-order valence-electron chi connectivity index (χ2n) is 5.95. The summed E-state index contributed by atoms with van der Waals surface area (Å²) in [6.45, 7) is 1.54. The van der Waals surface area contributed by atoms with Crippen LogP contribution in [-0.2, 0) is 19.7 Å². The molecule has 2 aromatic carbocycles. The minimum atomic E-state index is -0.281. The Bertz CT molecular complexity index is 878. The fourth-order valence-corrected chi connectivity index (χ4v) is 2.88. The minimum absolute atomic E-state index is 0. The van der Waals surface area contributed by atoms with Gasteiger partial charge in [0.15, 0.2) is 11.5 Å². The molecule has 0 aliphatic carbocycles. The Morgan fingerprint density at radius 2 is 1.82 bits per heavy atom. The Kier molecular flexibility index (Phi) is 8.51. The number of halogens is 3. The molecule has 0 bridgehead atoms. The number of aromatic nitrogens is 1. The maximum atomic E-state index is 13.0. The van der Waals surface area contributed by atoms with Gasteiger partial charge in [-0.1, -0.05) is 29.8 Å². The summed E-state index contributed by atoms with van der Waals surface area (Å²) in [6, 6.07) is 15.7. The van der Waals surface area contributed by atoms with E-state index in [2.05, 4.69) is 10.3 Å².